The molecule has 16 heavy (non-hydrogen) atoms. The maximum atomic E-state index is 11.4. The Labute approximate surface area is 97.1 Å². The largest absolute Gasteiger partial charge is 0.393 e. The van der Waals surface area contributed by atoms with Crippen LogP contribution in [0.25, 0.3) is 0 Å². The molecule has 4 nitrogen and oxygen atoms in total. The molecule has 4 heteroatoms. The van der Waals surface area contributed by atoms with Crippen LogP contribution in [-0.4, -0.2) is 35.2 Å². The van der Waals surface area contributed by atoms with E-state index in [-0.39, 0.29) is 24.1 Å². The van der Waals surface area contributed by atoms with Crippen molar-refractivity contribution in [1.82, 2.24) is 10.6 Å². The van der Waals surface area contributed by atoms with Crippen LogP contribution < -0.4 is 10.6 Å². The van der Waals surface area contributed by atoms with E-state index in [1.165, 1.54) is 6.08 Å². The molecule has 0 saturated heterocycles. The standard InChI is InChI=1S/C12H22N2O2/c1-4-5-12(16)14-11-7-9(15)6-10(11)13-8(2)3/h4-5,8-11,13,15H,6-7H2,1-3H3,(H,14,16)/b5-4-. The molecule has 0 spiro atoms. The lowest BCUT2D eigenvalue weighted by atomic mass is 10.1. The summed E-state index contributed by atoms with van der Waals surface area (Å²) in [5.41, 5.74) is 0. The maximum absolute atomic E-state index is 11.4. The molecule has 1 rings (SSSR count). The second-order valence-electron chi connectivity index (χ2n) is 4.67. The summed E-state index contributed by atoms with van der Waals surface area (Å²) in [5, 5.41) is 15.9. The predicted octanol–water partition coefficient (Wildman–Crippen LogP) is 0.569. The summed E-state index contributed by atoms with van der Waals surface area (Å²) in [5.74, 6) is -0.0860. The highest BCUT2D eigenvalue weighted by molar-refractivity contribution is 5.87. The van der Waals surface area contributed by atoms with E-state index < -0.39 is 0 Å². The number of rotatable bonds is 4. The zero-order chi connectivity index (χ0) is 12.1. The third-order valence-corrected chi connectivity index (χ3v) is 2.73. The highest BCUT2D eigenvalue weighted by atomic mass is 16.3. The van der Waals surface area contributed by atoms with Crippen molar-refractivity contribution in [3.05, 3.63) is 12.2 Å². The average molecular weight is 226 g/mol. The number of allylic oxidation sites excluding steroid dienone is 1. The van der Waals surface area contributed by atoms with E-state index in [9.17, 15) is 9.90 Å². The van der Waals surface area contributed by atoms with Crippen molar-refractivity contribution in [1.29, 1.82) is 0 Å². The van der Waals surface area contributed by atoms with E-state index >= 15 is 0 Å². The van der Waals surface area contributed by atoms with Crippen molar-refractivity contribution in [2.75, 3.05) is 0 Å². The molecule has 0 aromatic heterocycles. The van der Waals surface area contributed by atoms with Crippen molar-refractivity contribution < 1.29 is 9.90 Å². The van der Waals surface area contributed by atoms with Gasteiger partial charge in [0.1, 0.15) is 0 Å². The van der Waals surface area contributed by atoms with Crippen LogP contribution in [-0.2, 0) is 4.79 Å². The van der Waals surface area contributed by atoms with E-state index in [1.807, 2.05) is 6.92 Å². The fourth-order valence-electron chi connectivity index (χ4n) is 2.17. The highest BCUT2D eigenvalue weighted by Gasteiger charge is 2.33. The Morgan fingerprint density at radius 2 is 2.00 bits per heavy atom. The molecule has 1 fully saturated rings. The first-order chi connectivity index (χ1) is 7.52. The van der Waals surface area contributed by atoms with E-state index in [2.05, 4.69) is 24.5 Å². The molecule has 1 amide bonds. The van der Waals surface area contributed by atoms with Gasteiger partial charge in [0.15, 0.2) is 0 Å². The third kappa shape index (κ3) is 3.94. The normalized spacial score (nSPS) is 30.2. The van der Waals surface area contributed by atoms with Gasteiger partial charge >= 0.3 is 0 Å². The van der Waals surface area contributed by atoms with Crippen LogP contribution >= 0.6 is 0 Å². The van der Waals surface area contributed by atoms with Gasteiger partial charge in [-0.15, -0.1) is 0 Å². The van der Waals surface area contributed by atoms with Crippen molar-refractivity contribution in [3.63, 3.8) is 0 Å². The lowest BCUT2D eigenvalue weighted by Crippen LogP contribution is -2.48. The molecule has 1 aliphatic carbocycles. The number of carbonyl (C=O) groups is 1. The fraction of sp³-hybridized carbons (Fsp3) is 0.750. The zero-order valence-electron chi connectivity index (χ0n) is 10.2. The number of nitrogens with one attached hydrogen (secondary N) is 2. The van der Waals surface area contributed by atoms with Gasteiger partial charge in [0, 0.05) is 18.1 Å². The van der Waals surface area contributed by atoms with Gasteiger partial charge in [-0.1, -0.05) is 19.9 Å². The Bertz CT molecular complexity index is 264. The molecule has 92 valence electrons. The molecule has 0 aromatic rings. The monoisotopic (exact) mass is 226 g/mol. The van der Waals surface area contributed by atoms with Gasteiger partial charge in [0.05, 0.1) is 6.10 Å². The average Bonchev–Trinajstić information content (AvgIpc) is 2.45. The summed E-state index contributed by atoms with van der Waals surface area (Å²) in [6.07, 6.45) is 4.25. The minimum Gasteiger partial charge on any atom is -0.393 e. The number of aliphatic hydroxyl groups excluding tert-OH is 1. The Kier molecular flexibility index (Phi) is 4.96. The molecule has 3 unspecified atom stereocenters. The first-order valence-electron chi connectivity index (χ1n) is 5.90. The molecule has 1 saturated carbocycles. The van der Waals surface area contributed by atoms with Crippen molar-refractivity contribution in [3.8, 4) is 0 Å². The van der Waals surface area contributed by atoms with Crippen LogP contribution in [0.3, 0.4) is 0 Å². The molecular weight excluding hydrogens is 204 g/mol. The van der Waals surface area contributed by atoms with Crippen molar-refractivity contribution in [2.24, 2.45) is 0 Å². The predicted molar refractivity (Wildman–Crippen MR) is 64.0 cm³/mol. The zero-order valence-corrected chi connectivity index (χ0v) is 10.2. The minimum absolute atomic E-state index is 0.0288. The minimum atomic E-state index is -0.313. The fourth-order valence-corrected chi connectivity index (χ4v) is 2.17. The second-order valence-corrected chi connectivity index (χ2v) is 4.67. The first-order valence-corrected chi connectivity index (χ1v) is 5.90. The quantitative estimate of drug-likeness (QED) is 0.614. The highest BCUT2D eigenvalue weighted by Crippen LogP contribution is 2.20. The lowest BCUT2D eigenvalue weighted by molar-refractivity contribution is -0.117. The number of hydrogen-bond donors (Lipinski definition) is 3. The maximum Gasteiger partial charge on any atom is 0.243 e. The van der Waals surface area contributed by atoms with Crippen LogP contribution in [0.5, 0.6) is 0 Å². The molecule has 0 aromatic carbocycles. The summed E-state index contributed by atoms with van der Waals surface area (Å²) >= 11 is 0. The van der Waals surface area contributed by atoms with Crippen LogP contribution in [0, 0.1) is 0 Å². The smallest absolute Gasteiger partial charge is 0.243 e. The Hall–Kier alpha value is -0.870. The summed E-state index contributed by atoms with van der Waals surface area (Å²) < 4.78 is 0. The van der Waals surface area contributed by atoms with Gasteiger partial charge in [0.2, 0.25) is 5.91 Å². The molecule has 1 aliphatic rings. The summed E-state index contributed by atoms with van der Waals surface area (Å²) in [6, 6.07) is 0.557. The van der Waals surface area contributed by atoms with E-state index in [4.69, 9.17) is 0 Å². The lowest BCUT2D eigenvalue weighted by Gasteiger charge is -2.23. The van der Waals surface area contributed by atoms with Gasteiger partial charge in [-0.25, -0.2) is 0 Å². The van der Waals surface area contributed by atoms with Crippen LogP contribution in [0.4, 0.5) is 0 Å². The molecule has 0 heterocycles. The molecule has 3 N–H and O–H groups in total. The molecule has 3 atom stereocenters. The van der Waals surface area contributed by atoms with Gasteiger partial charge in [0.25, 0.3) is 0 Å². The molecular formula is C12H22N2O2. The van der Waals surface area contributed by atoms with Crippen LogP contribution in [0.15, 0.2) is 12.2 Å². The number of amides is 1. The van der Waals surface area contributed by atoms with E-state index in [0.717, 1.165) is 0 Å². The number of hydrogen-bond acceptors (Lipinski definition) is 3. The summed E-state index contributed by atoms with van der Waals surface area (Å²) in [6.45, 7) is 5.94. The Balaban J connectivity index is 2.52. The molecule has 0 bridgehead atoms. The Morgan fingerprint density at radius 3 is 2.56 bits per heavy atom. The van der Waals surface area contributed by atoms with Gasteiger partial charge in [-0.2, -0.15) is 0 Å². The van der Waals surface area contributed by atoms with Gasteiger partial charge in [-0.05, 0) is 25.8 Å². The van der Waals surface area contributed by atoms with Crippen molar-refractivity contribution in [2.45, 2.75) is 57.8 Å². The first kappa shape index (κ1) is 13.2. The van der Waals surface area contributed by atoms with E-state index in [0.29, 0.717) is 18.9 Å². The Morgan fingerprint density at radius 1 is 1.38 bits per heavy atom. The topological polar surface area (TPSA) is 61.4 Å². The van der Waals surface area contributed by atoms with Gasteiger partial charge in [-0.3, -0.25) is 4.79 Å². The second kappa shape index (κ2) is 6.01. The third-order valence-electron chi connectivity index (χ3n) is 2.73. The van der Waals surface area contributed by atoms with Crippen molar-refractivity contribution >= 4 is 5.91 Å². The van der Waals surface area contributed by atoms with Crippen LogP contribution in [0.2, 0.25) is 0 Å². The van der Waals surface area contributed by atoms with Gasteiger partial charge < -0.3 is 15.7 Å². The van der Waals surface area contributed by atoms with E-state index in [1.54, 1.807) is 6.08 Å². The summed E-state index contributed by atoms with van der Waals surface area (Å²) in [7, 11) is 0. The molecule has 0 radical (unpaired) electrons. The number of carbonyl (C=O) groups excluding carboxylic acids is 1. The molecule has 0 aliphatic heterocycles. The summed E-state index contributed by atoms with van der Waals surface area (Å²) in [4.78, 5) is 11.4. The number of aliphatic hydroxyl groups is 1. The SMILES string of the molecule is C/C=C\C(=O)NC1CC(O)CC1NC(C)C. The van der Waals surface area contributed by atoms with Crippen LogP contribution in [0.1, 0.15) is 33.6 Å².